The lowest BCUT2D eigenvalue weighted by atomic mass is 9.84. The van der Waals surface area contributed by atoms with E-state index >= 15 is 0 Å². The molecule has 2 rings (SSSR count). The molecule has 7 heteroatoms. The van der Waals surface area contributed by atoms with Crippen molar-refractivity contribution in [2.24, 2.45) is 5.92 Å². The fourth-order valence-electron chi connectivity index (χ4n) is 3.66. The largest absolute Gasteiger partial charge is 0.481 e. The van der Waals surface area contributed by atoms with Crippen molar-refractivity contribution in [1.29, 1.82) is 0 Å². The summed E-state index contributed by atoms with van der Waals surface area (Å²) in [5.74, 6) is -1.98. The topological polar surface area (TPSA) is 69.6 Å². The SMILES string of the molecule is C=CC[C@@H](Nc1cc(F)cc(Cl)c1)C(=O)N(CC=C)C1CCCC(C(=O)O)C1. The fraction of sp³-hybridized carbons (Fsp3) is 0.429. The van der Waals surface area contributed by atoms with Gasteiger partial charge in [0.2, 0.25) is 5.91 Å². The lowest BCUT2D eigenvalue weighted by Gasteiger charge is -2.38. The monoisotopic (exact) mass is 408 g/mol. The summed E-state index contributed by atoms with van der Waals surface area (Å²) in [6.07, 6.45) is 6.11. The summed E-state index contributed by atoms with van der Waals surface area (Å²) in [5, 5.41) is 12.6. The molecule has 1 aromatic rings. The summed E-state index contributed by atoms with van der Waals surface area (Å²) < 4.78 is 13.6. The molecule has 2 unspecified atom stereocenters. The number of nitrogens with zero attached hydrogens (tertiary/aromatic N) is 1. The lowest BCUT2D eigenvalue weighted by molar-refractivity contribution is -0.145. The zero-order valence-corrected chi connectivity index (χ0v) is 16.5. The number of hydrogen-bond donors (Lipinski definition) is 2. The summed E-state index contributed by atoms with van der Waals surface area (Å²) in [5.41, 5.74) is 0.399. The van der Waals surface area contributed by atoms with E-state index in [-0.39, 0.29) is 17.0 Å². The highest BCUT2D eigenvalue weighted by Gasteiger charge is 2.34. The van der Waals surface area contributed by atoms with Crippen LogP contribution in [0.5, 0.6) is 0 Å². The number of anilines is 1. The molecule has 0 radical (unpaired) electrons. The van der Waals surface area contributed by atoms with Gasteiger partial charge in [-0.3, -0.25) is 9.59 Å². The summed E-state index contributed by atoms with van der Waals surface area (Å²) >= 11 is 5.91. The van der Waals surface area contributed by atoms with Gasteiger partial charge in [-0.2, -0.15) is 0 Å². The molecule has 1 aliphatic carbocycles. The number of carbonyl (C=O) groups is 2. The minimum atomic E-state index is -0.828. The fourth-order valence-corrected chi connectivity index (χ4v) is 3.88. The van der Waals surface area contributed by atoms with Gasteiger partial charge in [0.15, 0.2) is 0 Å². The summed E-state index contributed by atoms with van der Waals surface area (Å²) in [6.45, 7) is 7.75. The van der Waals surface area contributed by atoms with Crippen molar-refractivity contribution < 1.29 is 19.1 Å². The van der Waals surface area contributed by atoms with Crippen molar-refractivity contribution in [2.75, 3.05) is 11.9 Å². The van der Waals surface area contributed by atoms with Crippen molar-refractivity contribution in [2.45, 2.75) is 44.2 Å². The van der Waals surface area contributed by atoms with Gasteiger partial charge in [0.25, 0.3) is 0 Å². The predicted octanol–water partition coefficient (Wildman–Crippen LogP) is 4.49. The van der Waals surface area contributed by atoms with Gasteiger partial charge >= 0.3 is 5.97 Å². The Morgan fingerprint density at radius 1 is 1.32 bits per heavy atom. The summed E-state index contributed by atoms with van der Waals surface area (Å²) in [7, 11) is 0. The smallest absolute Gasteiger partial charge is 0.306 e. The van der Waals surface area contributed by atoms with Crippen LogP contribution in [0.15, 0.2) is 43.5 Å². The molecular weight excluding hydrogens is 383 g/mol. The molecule has 1 amide bonds. The minimum absolute atomic E-state index is 0.175. The number of aliphatic carboxylic acids is 1. The third-order valence-electron chi connectivity index (χ3n) is 4.95. The Morgan fingerprint density at radius 3 is 2.68 bits per heavy atom. The average molecular weight is 409 g/mol. The molecule has 152 valence electrons. The van der Waals surface area contributed by atoms with Gasteiger partial charge in [0, 0.05) is 23.3 Å². The van der Waals surface area contributed by atoms with Gasteiger partial charge in [-0.05, 0) is 43.9 Å². The first-order valence-electron chi connectivity index (χ1n) is 9.33. The maximum atomic E-state index is 13.6. The molecular formula is C21H26ClFN2O3. The molecule has 1 aliphatic rings. The molecule has 1 fully saturated rings. The Bertz CT molecular complexity index is 720. The van der Waals surface area contributed by atoms with Crippen LogP contribution in [-0.4, -0.2) is 40.5 Å². The number of amides is 1. The third kappa shape index (κ3) is 5.83. The van der Waals surface area contributed by atoms with Crippen molar-refractivity contribution >= 4 is 29.2 Å². The van der Waals surface area contributed by atoms with Crippen LogP contribution in [0.2, 0.25) is 5.02 Å². The average Bonchev–Trinajstić information content (AvgIpc) is 2.64. The Hall–Kier alpha value is -2.34. The molecule has 0 aromatic heterocycles. The van der Waals surface area contributed by atoms with Crippen LogP contribution in [0, 0.1) is 11.7 Å². The highest BCUT2D eigenvalue weighted by atomic mass is 35.5. The molecule has 28 heavy (non-hydrogen) atoms. The van der Waals surface area contributed by atoms with E-state index in [9.17, 15) is 19.1 Å². The zero-order valence-electron chi connectivity index (χ0n) is 15.7. The van der Waals surface area contributed by atoms with Crippen LogP contribution in [0.25, 0.3) is 0 Å². The number of carboxylic acid groups (broad SMARTS) is 1. The highest BCUT2D eigenvalue weighted by molar-refractivity contribution is 6.30. The second kappa shape index (κ2) is 10.3. The molecule has 0 spiro atoms. The Labute approximate surface area is 169 Å². The van der Waals surface area contributed by atoms with E-state index < -0.39 is 23.7 Å². The van der Waals surface area contributed by atoms with Gasteiger partial charge in [0.05, 0.1) is 5.92 Å². The van der Waals surface area contributed by atoms with E-state index in [4.69, 9.17) is 11.6 Å². The molecule has 1 aromatic carbocycles. The zero-order chi connectivity index (χ0) is 20.7. The maximum absolute atomic E-state index is 13.6. The number of hydrogen-bond acceptors (Lipinski definition) is 3. The standard InChI is InChI=1S/C21H26ClFN2O3/c1-3-6-19(24-17-12-15(22)11-16(23)13-17)20(26)25(9-4-2)18-8-5-7-14(10-18)21(27)28/h3-4,11-14,18-19,24H,1-2,5-10H2,(H,27,28)/t14?,18?,19-/m1/s1. The highest BCUT2D eigenvalue weighted by Crippen LogP contribution is 2.29. The van der Waals surface area contributed by atoms with Crippen LogP contribution < -0.4 is 5.32 Å². The number of carbonyl (C=O) groups excluding carboxylic acids is 1. The van der Waals surface area contributed by atoms with Crippen LogP contribution in [-0.2, 0) is 9.59 Å². The normalized spacial score (nSPS) is 20.1. The van der Waals surface area contributed by atoms with E-state index in [2.05, 4.69) is 18.5 Å². The molecule has 1 saturated carbocycles. The molecule has 5 nitrogen and oxygen atoms in total. The first-order chi connectivity index (χ1) is 13.3. The van der Waals surface area contributed by atoms with Crippen molar-refractivity contribution in [3.05, 3.63) is 54.3 Å². The second-order valence-corrected chi connectivity index (χ2v) is 7.45. The van der Waals surface area contributed by atoms with E-state index in [0.29, 0.717) is 31.5 Å². The van der Waals surface area contributed by atoms with Gasteiger partial charge in [-0.15, -0.1) is 13.2 Å². The van der Waals surface area contributed by atoms with Gasteiger partial charge in [0.1, 0.15) is 11.9 Å². The predicted molar refractivity (Wildman–Crippen MR) is 109 cm³/mol. The first kappa shape index (κ1) is 22.0. The van der Waals surface area contributed by atoms with Gasteiger partial charge in [-0.1, -0.05) is 30.2 Å². The second-order valence-electron chi connectivity index (χ2n) is 7.01. The summed E-state index contributed by atoms with van der Waals surface area (Å²) in [6, 6.07) is 3.17. The van der Waals surface area contributed by atoms with E-state index in [0.717, 1.165) is 12.8 Å². The van der Waals surface area contributed by atoms with E-state index in [1.807, 2.05) is 0 Å². The Balaban J connectivity index is 2.22. The number of carboxylic acids is 1. The van der Waals surface area contributed by atoms with Crippen LogP contribution >= 0.6 is 11.6 Å². The Morgan fingerprint density at radius 2 is 2.07 bits per heavy atom. The molecule has 0 saturated heterocycles. The van der Waals surface area contributed by atoms with E-state index in [1.165, 1.54) is 12.1 Å². The van der Waals surface area contributed by atoms with Crippen molar-refractivity contribution in [3.8, 4) is 0 Å². The van der Waals surface area contributed by atoms with Crippen LogP contribution in [0.1, 0.15) is 32.1 Å². The third-order valence-corrected chi connectivity index (χ3v) is 5.17. The molecule has 0 heterocycles. The van der Waals surface area contributed by atoms with Crippen LogP contribution in [0.4, 0.5) is 10.1 Å². The maximum Gasteiger partial charge on any atom is 0.306 e. The minimum Gasteiger partial charge on any atom is -0.481 e. The number of halogens is 2. The molecule has 3 atom stereocenters. The van der Waals surface area contributed by atoms with E-state index in [1.54, 1.807) is 23.1 Å². The molecule has 2 N–H and O–H groups in total. The molecule has 0 bridgehead atoms. The van der Waals surface area contributed by atoms with Crippen molar-refractivity contribution in [1.82, 2.24) is 4.90 Å². The van der Waals surface area contributed by atoms with Gasteiger partial charge in [-0.25, -0.2) is 4.39 Å². The Kier molecular flexibility index (Phi) is 8.05. The molecule has 0 aliphatic heterocycles. The number of rotatable bonds is 9. The number of nitrogens with one attached hydrogen (secondary N) is 1. The number of benzene rings is 1. The quantitative estimate of drug-likeness (QED) is 0.590. The van der Waals surface area contributed by atoms with Gasteiger partial charge < -0.3 is 15.3 Å². The van der Waals surface area contributed by atoms with Crippen molar-refractivity contribution in [3.63, 3.8) is 0 Å². The first-order valence-corrected chi connectivity index (χ1v) is 9.71. The summed E-state index contributed by atoms with van der Waals surface area (Å²) in [4.78, 5) is 26.3. The van der Waals surface area contributed by atoms with Crippen LogP contribution in [0.3, 0.4) is 0 Å². The lowest BCUT2D eigenvalue weighted by Crippen LogP contribution is -2.50.